The van der Waals surface area contributed by atoms with Gasteiger partial charge in [0, 0.05) is 31.5 Å². The quantitative estimate of drug-likeness (QED) is 0.757. The molecule has 0 aromatic carbocycles. The van der Waals surface area contributed by atoms with Crippen molar-refractivity contribution < 1.29 is 14.3 Å². The van der Waals surface area contributed by atoms with E-state index in [1.54, 1.807) is 0 Å². The molecular weight excluding hydrogens is 228 g/mol. The van der Waals surface area contributed by atoms with Gasteiger partial charge in [0.2, 0.25) is 0 Å². The third-order valence-electron chi connectivity index (χ3n) is 5.19. The van der Waals surface area contributed by atoms with Crippen LogP contribution in [0.3, 0.4) is 0 Å². The lowest BCUT2D eigenvalue weighted by atomic mass is 9.77. The Labute approximate surface area is 109 Å². The van der Waals surface area contributed by atoms with Gasteiger partial charge in [-0.3, -0.25) is 4.79 Å². The van der Waals surface area contributed by atoms with Crippen LogP contribution in [0.1, 0.15) is 45.4 Å². The summed E-state index contributed by atoms with van der Waals surface area (Å²) in [5.41, 5.74) is -0.125. The molecule has 1 saturated carbocycles. The maximum atomic E-state index is 12.7. The van der Waals surface area contributed by atoms with Crippen LogP contribution in [0, 0.1) is 17.8 Å². The third kappa shape index (κ3) is 2.23. The molecule has 2 saturated heterocycles. The lowest BCUT2D eigenvalue weighted by molar-refractivity contribution is -0.141. The standard InChI is InChI=1S/C15H24O3/c1-11-3-2-4-13(11)14(16)12-5-7-18-15(9-12)6-8-17-10-15/h11-13H,2-10H2,1H3. The first-order valence-electron chi connectivity index (χ1n) is 7.46. The molecule has 0 bridgehead atoms. The van der Waals surface area contributed by atoms with Gasteiger partial charge in [0.05, 0.1) is 12.2 Å². The molecule has 0 radical (unpaired) electrons. The Balaban J connectivity index is 1.66. The fourth-order valence-corrected chi connectivity index (χ4v) is 4.00. The first-order valence-corrected chi connectivity index (χ1v) is 7.46. The highest BCUT2D eigenvalue weighted by molar-refractivity contribution is 5.84. The molecule has 4 atom stereocenters. The molecule has 0 amide bonds. The van der Waals surface area contributed by atoms with Gasteiger partial charge in [-0.25, -0.2) is 0 Å². The molecule has 3 fully saturated rings. The summed E-state index contributed by atoms with van der Waals surface area (Å²) < 4.78 is 11.4. The molecule has 2 heterocycles. The van der Waals surface area contributed by atoms with E-state index in [1.165, 1.54) is 12.8 Å². The number of hydrogen-bond donors (Lipinski definition) is 0. The number of ketones is 1. The van der Waals surface area contributed by atoms with E-state index in [0.29, 0.717) is 24.2 Å². The number of carbonyl (C=O) groups excluding carboxylic acids is 1. The van der Waals surface area contributed by atoms with Crippen molar-refractivity contribution >= 4 is 5.78 Å². The largest absolute Gasteiger partial charge is 0.378 e. The first-order chi connectivity index (χ1) is 8.70. The van der Waals surface area contributed by atoms with Crippen LogP contribution in [0.4, 0.5) is 0 Å². The van der Waals surface area contributed by atoms with Gasteiger partial charge in [-0.15, -0.1) is 0 Å². The predicted molar refractivity (Wildman–Crippen MR) is 68.4 cm³/mol. The molecule has 0 aromatic heterocycles. The molecule has 3 rings (SSSR count). The Kier molecular flexibility index (Phi) is 3.46. The Morgan fingerprint density at radius 1 is 1.22 bits per heavy atom. The van der Waals surface area contributed by atoms with Crippen molar-refractivity contribution in [2.75, 3.05) is 19.8 Å². The topological polar surface area (TPSA) is 35.5 Å². The highest BCUT2D eigenvalue weighted by Crippen LogP contribution is 2.40. The van der Waals surface area contributed by atoms with E-state index in [9.17, 15) is 4.79 Å². The highest BCUT2D eigenvalue weighted by Gasteiger charge is 2.45. The smallest absolute Gasteiger partial charge is 0.139 e. The van der Waals surface area contributed by atoms with E-state index >= 15 is 0 Å². The Bertz CT molecular complexity index is 320. The highest BCUT2D eigenvalue weighted by atomic mass is 16.6. The Morgan fingerprint density at radius 2 is 2.11 bits per heavy atom. The first kappa shape index (κ1) is 12.6. The zero-order valence-corrected chi connectivity index (χ0v) is 11.3. The minimum Gasteiger partial charge on any atom is -0.378 e. The van der Waals surface area contributed by atoms with Crippen molar-refractivity contribution in [3.05, 3.63) is 0 Å². The van der Waals surface area contributed by atoms with Gasteiger partial charge in [0.1, 0.15) is 5.78 Å². The van der Waals surface area contributed by atoms with Gasteiger partial charge < -0.3 is 9.47 Å². The average molecular weight is 252 g/mol. The summed E-state index contributed by atoms with van der Waals surface area (Å²) in [6, 6.07) is 0. The van der Waals surface area contributed by atoms with E-state index in [2.05, 4.69) is 6.92 Å². The number of Topliss-reactive ketones (excluding diaryl/α,β-unsaturated/α-hetero) is 1. The number of carbonyl (C=O) groups is 1. The summed E-state index contributed by atoms with van der Waals surface area (Å²) in [5, 5.41) is 0. The molecule has 4 unspecified atom stereocenters. The maximum absolute atomic E-state index is 12.7. The molecule has 1 aliphatic carbocycles. The summed E-state index contributed by atoms with van der Waals surface area (Å²) in [5.74, 6) is 1.67. The summed E-state index contributed by atoms with van der Waals surface area (Å²) >= 11 is 0. The number of hydrogen-bond acceptors (Lipinski definition) is 3. The lowest BCUT2D eigenvalue weighted by Crippen LogP contribution is -2.43. The van der Waals surface area contributed by atoms with Crippen LogP contribution in [-0.4, -0.2) is 31.2 Å². The molecular formula is C15H24O3. The van der Waals surface area contributed by atoms with E-state index in [-0.39, 0.29) is 11.5 Å². The summed E-state index contributed by atoms with van der Waals surface area (Å²) in [7, 11) is 0. The normalized spacial score (nSPS) is 44.6. The van der Waals surface area contributed by atoms with Crippen LogP contribution in [0.2, 0.25) is 0 Å². The Morgan fingerprint density at radius 3 is 2.78 bits per heavy atom. The van der Waals surface area contributed by atoms with E-state index in [0.717, 1.165) is 38.9 Å². The van der Waals surface area contributed by atoms with Crippen molar-refractivity contribution in [3.8, 4) is 0 Å². The summed E-state index contributed by atoms with van der Waals surface area (Å²) in [6.45, 7) is 4.46. The van der Waals surface area contributed by atoms with E-state index in [4.69, 9.17) is 9.47 Å². The maximum Gasteiger partial charge on any atom is 0.139 e. The van der Waals surface area contributed by atoms with Gasteiger partial charge in [-0.05, 0) is 31.6 Å². The van der Waals surface area contributed by atoms with E-state index < -0.39 is 0 Å². The van der Waals surface area contributed by atoms with Crippen molar-refractivity contribution in [2.24, 2.45) is 17.8 Å². The molecule has 102 valence electrons. The van der Waals surface area contributed by atoms with Crippen LogP contribution in [0.15, 0.2) is 0 Å². The second-order valence-electron chi connectivity index (χ2n) is 6.44. The second-order valence-corrected chi connectivity index (χ2v) is 6.44. The van der Waals surface area contributed by atoms with Gasteiger partial charge in [0.15, 0.2) is 0 Å². The summed E-state index contributed by atoms with van der Waals surface area (Å²) in [6.07, 6.45) is 6.36. The molecule has 0 aromatic rings. The zero-order valence-electron chi connectivity index (χ0n) is 11.3. The monoisotopic (exact) mass is 252 g/mol. The van der Waals surface area contributed by atoms with Crippen LogP contribution >= 0.6 is 0 Å². The Hall–Kier alpha value is -0.410. The third-order valence-corrected chi connectivity index (χ3v) is 5.19. The minimum absolute atomic E-state index is 0.125. The minimum atomic E-state index is -0.125. The SMILES string of the molecule is CC1CCCC1C(=O)C1CCOC2(CCOC2)C1. The fourth-order valence-electron chi connectivity index (χ4n) is 4.00. The molecule has 3 nitrogen and oxygen atoms in total. The van der Waals surface area contributed by atoms with Crippen LogP contribution in [0.25, 0.3) is 0 Å². The molecule has 3 heteroatoms. The van der Waals surface area contributed by atoms with E-state index in [1.807, 2.05) is 0 Å². The van der Waals surface area contributed by atoms with Gasteiger partial charge in [-0.1, -0.05) is 13.3 Å². The van der Waals surface area contributed by atoms with Gasteiger partial charge in [-0.2, -0.15) is 0 Å². The molecule has 1 spiro atoms. The number of rotatable bonds is 2. The van der Waals surface area contributed by atoms with Crippen LogP contribution in [-0.2, 0) is 14.3 Å². The van der Waals surface area contributed by atoms with Crippen molar-refractivity contribution in [1.29, 1.82) is 0 Å². The second kappa shape index (κ2) is 4.93. The molecule has 2 aliphatic heterocycles. The van der Waals surface area contributed by atoms with Crippen LogP contribution < -0.4 is 0 Å². The molecule has 3 aliphatic rings. The number of ether oxygens (including phenoxy) is 2. The fraction of sp³-hybridized carbons (Fsp3) is 0.933. The lowest BCUT2D eigenvalue weighted by Gasteiger charge is -2.37. The zero-order chi connectivity index (χ0) is 12.6. The van der Waals surface area contributed by atoms with Crippen LogP contribution in [0.5, 0.6) is 0 Å². The van der Waals surface area contributed by atoms with Crippen molar-refractivity contribution in [1.82, 2.24) is 0 Å². The average Bonchev–Trinajstić information content (AvgIpc) is 2.98. The van der Waals surface area contributed by atoms with Crippen molar-refractivity contribution in [3.63, 3.8) is 0 Å². The van der Waals surface area contributed by atoms with Gasteiger partial charge in [0.25, 0.3) is 0 Å². The van der Waals surface area contributed by atoms with Crippen molar-refractivity contribution in [2.45, 2.75) is 51.0 Å². The predicted octanol–water partition coefficient (Wildman–Crippen LogP) is 2.58. The molecule has 0 N–H and O–H groups in total. The summed E-state index contributed by atoms with van der Waals surface area (Å²) in [4.78, 5) is 12.7. The molecule has 18 heavy (non-hydrogen) atoms. The van der Waals surface area contributed by atoms with Gasteiger partial charge >= 0.3 is 0 Å².